The van der Waals surface area contributed by atoms with Gasteiger partial charge in [-0.1, -0.05) is 35.9 Å². The summed E-state index contributed by atoms with van der Waals surface area (Å²) >= 11 is 0. The fourth-order valence-electron chi connectivity index (χ4n) is 2.61. The third-order valence-electron chi connectivity index (χ3n) is 4.02. The van der Waals surface area contributed by atoms with Crippen LogP contribution in [0.4, 0.5) is 4.39 Å². The first-order chi connectivity index (χ1) is 13.0. The molecule has 6 nitrogen and oxygen atoms in total. The maximum absolute atomic E-state index is 13.1. The van der Waals surface area contributed by atoms with Crippen LogP contribution in [-0.4, -0.2) is 21.1 Å². The largest absolute Gasteiger partial charge is 0.352 e. The molecule has 0 radical (unpaired) electrons. The number of aryl methyl sites for hydroxylation is 2. The van der Waals surface area contributed by atoms with Crippen molar-refractivity contribution in [2.24, 2.45) is 0 Å². The number of rotatable bonds is 6. The Morgan fingerprint density at radius 3 is 2.70 bits per heavy atom. The SMILES string of the molecule is Cc1cccc(-c2nnc(CCC(=O)NCc3cccc(F)c3)c(=O)[nH]2)c1. The van der Waals surface area contributed by atoms with Crippen molar-refractivity contribution < 1.29 is 9.18 Å². The highest BCUT2D eigenvalue weighted by atomic mass is 19.1. The van der Waals surface area contributed by atoms with Gasteiger partial charge in [-0.2, -0.15) is 0 Å². The van der Waals surface area contributed by atoms with Crippen LogP contribution in [0.25, 0.3) is 11.4 Å². The number of carbonyl (C=O) groups is 1. The number of aromatic amines is 1. The predicted octanol–water partition coefficient (Wildman–Crippen LogP) is 2.53. The van der Waals surface area contributed by atoms with Gasteiger partial charge in [0.2, 0.25) is 5.91 Å². The lowest BCUT2D eigenvalue weighted by Gasteiger charge is -2.06. The van der Waals surface area contributed by atoms with Crippen molar-refractivity contribution >= 4 is 5.91 Å². The summed E-state index contributed by atoms with van der Waals surface area (Å²) in [7, 11) is 0. The van der Waals surface area contributed by atoms with Crippen LogP contribution in [0.5, 0.6) is 0 Å². The molecule has 3 rings (SSSR count). The quantitative estimate of drug-likeness (QED) is 0.702. The molecule has 2 aromatic carbocycles. The Hall–Kier alpha value is -3.35. The van der Waals surface area contributed by atoms with Crippen molar-refractivity contribution in [2.45, 2.75) is 26.3 Å². The summed E-state index contributed by atoms with van der Waals surface area (Å²) in [6.07, 6.45) is 0.266. The monoisotopic (exact) mass is 366 g/mol. The second kappa shape index (κ2) is 8.35. The number of amides is 1. The smallest absolute Gasteiger partial charge is 0.273 e. The van der Waals surface area contributed by atoms with E-state index in [-0.39, 0.29) is 42.4 Å². The molecule has 1 heterocycles. The molecule has 0 unspecified atom stereocenters. The summed E-state index contributed by atoms with van der Waals surface area (Å²) in [5, 5.41) is 10.7. The number of H-pyrrole nitrogens is 1. The van der Waals surface area contributed by atoms with Gasteiger partial charge in [-0.15, -0.1) is 10.2 Å². The van der Waals surface area contributed by atoms with E-state index in [0.29, 0.717) is 11.4 Å². The van der Waals surface area contributed by atoms with Crippen LogP contribution in [0.15, 0.2) is 53.3 Å². The van der Waals surface area contributed by atoms with E-state index in [1.165, 1.54) is 12.1 Å². The zero-order valence-corrected chi connectivity index (χ0v) is 14.8. The van der Waals surface area contributed by atoms with Crippen molar-refractivity contribution in [3.63, 3.8) is 0 Å². The first kappa shape index (κ1) is 18.4. The summed E-state index contributed by atoms with van der Waals surface area (Å²) in [4.78, 5) is 26.8. The van der Waals surface area contributed by atoms with E-state index in [4.69, 9.17) is 0 Å². The van der Waals surface area contributed by atoms with Crippen LogP contribution in [-0.2, 0) is 17.8 Å². The van der Waals surface area contributed by atoms with E-state index in [0.717, 1.165) is 11.1 Å². The van der Waals surface area contributed by atoms with E-state index in [1.807, 2.05) is 31.2 Å². The Balaban J connectivity index is 1.58. The minimum absolute atomic E-state index is 0.0941. The van der Waals surface area contributed by atoms with Crippen molar-refractivity contribution in [2.75, 3.05) is 0 Å². The molecule has 0 aliphatic carbocycles. The first-order valence-corrected chi connectivity index (χ1v) is 8.55. The lowest BCUT2D eigenvalue weighted by molar-refractivity contribution is -0.121. The summed E-state index contributed by atoms with van der Waals surface area (Å²) < 4.78 is 13.1. The van der Waals surface area contributed by atoms with Gasteiger partial charge in [-0.25, -0.2) is 4.39 Å². The highest BCUT2D eigenvalue weighted by Gasteiger charge is 2.10. The lowest BCUT2D eigenvalue weighted by Crippen LogP contribution is -2.25. The molecule has 0 atom stereocenters. The molecule has 0 aliphatic rings. The third-order valence-corrected chi connectivity index (χ3v) is 4.02. The van der Waals surface area contributed by atoms with Gasteiger partial charge in [0.25, 0.3) is 5.56 Å². The zero-order chi connectivity index (χ0) is 19.2. The molecule has 138 valence electrons. The van der Waals surface area contributed by atoms with Gasteiger partial charge in [0, 0.05) is 24.9 Å². The van der Waals surface area contributed by atoms with Crippen LogP contribution in [0.3, 0.4) is 0 Å². The first-order valence-electron chi connectivity index (χ1n) is 8.55. The normalized spacial score (nSPS) is 10.6. The maximum atomic E-state index is 13.1. The average molecular weight is 366 g/mol. The standard InChI is InChI=1S/C20H19FN4O2/c1-13-4-2-6-15(10-13)19-23-20(27)17(24-25-19)8-9-18(26)22-12-14-5-3-7-16(21)11-14/h2-7,10-11H,8-9,12H2,1H3,(H,22,26)(H,23,25,27). The van der Waals surface area contributed by atoms with Gasteiger partial charge in [-0.05, 0) is 30.7 Å². The van der Waals surface area contributed by atoms with Crippen molar-refractivity contribution in [3.05, 3.63) is 81.5 Å². The summed E-state index contributed by atoms with van der Waals surface area (Å²) in [6.45, 7) is 2.18. The Kier molecular flexibility index (Phi) is 5.71. The number of halogens is 1. The Morgan fingerprint density at radius 2 is 1.96 bits per heavy atom. The predicted molar refractivity (Wildman–Crippen MR) is 99.4 cm³/mol. The number of nitrogens with one attached hydrogen (secondary N) is 2. The van der Waals surface area contributed by atoms with Crippen molar-refractivity contribution in [3.8, 4) is 11.4 Å². The molecular formula is C20H19FN4O2. The molecule has 1 amide bonds. The van der Waals surface area contributed by atoms with Crippen molar-refractivity contribution in [1.29, 1.82) is 0 Å². The highest BCUT2D eigenvalue weighted by molar-refractivity contribution is 5.76. The summed E-state index contributed by atoms with van der Waals surface area (Å²) in [5.41, 5.74) is 2.34. The second-order valence-electron chi connectivity index (χ2n) is 6.23. The Labute approximate surface area is 155 Å². The number of aromatic nitrogens is 3. The summed E-state index contributed by atoms with van der Waals surface area (Å²) in [6, 6.07) is 13.6. The van der Waals surface area contributed by atoms with E-state index in [2.05, 4.69) is 20.5 Å². The molecule has 0 aliphatic heterocycles. The van der Waals surface area contributed by atoms with Gasteiger partial charge < -0.3 is 10.3 Å². The zero-order valence-electron chi connectivity index (χ0n) is 14.8. The fraction of sp³-hybridized carbons (Fsp3) is 0.200. The van der Waals surface area contributed by atoms with Crippen LogP contribution in [0.1, 0.15) is 23.2 Å². The molecule has 2 N–H and O–H groups in total. The molecule has 3 aromatic rings. The van der Waals surface area contributed by atoms with E-state index >= 15 is 0 Å². The molecule has 0 fully saturated rings. The van der Waals surface area contributed by atoms with E-state index in [9.17, 15) is 14.0 Å². The number of carbonyl (C=O) groups excluding carboxylic acids is 1. The van der Waals surface area contributed by atoms with Gasteiger partial charge in [0.05, 0.1) is 0 Å². The van der Waals surface area contributed by atoms with Gasteiger partial charge in [0.15, 0.2) is 5.82 Å². The minimum atomic E-state index is -0.362. The molecule has 0 saturated heterocycles. The minimum Gasteiger partial charge on any atom is -0.352 e. The van der Waals surface area contributed by atoms with Crippen molar-refractivity contribution in [1.82, 2.24) is 20.5 Å². The summed E-state index contributed by atoms with van der Waals surface area (Å²) in [5.74, 6) is -0.205. The molecule has 0 saturated carbocycles. The van der Waals surface area contributed by atoms with Gasteiger partial charge in [0.1, 0.15) is 11.5 Å². The van der Waals surface area contributed by atoms with E-state index in [1.54, 1.807) is 12.1 Å². The molecule has 0 bridgehead atoms. The molecular weight excluding hydrogens is 347 g/mol. The lowest BCUT2D eigenvalue weighted by atomic mass is 10.1. The van der Waals surface area contributed by atoms with Crippen LogP contribution in [0, 0.1) is 12.7 Å². The third kappa shape index (κ3) is 5.07. The topological polar surface area (TPSA) is 87.7 Å². The maximum Gasteiger partial charge on any atom is 0.273 e. The van der Waals surface area contributed by atoms with E-state index < -0.39 is 0 Å². The molecule has 0 spiro atoms. The number of nitrogens with zero attached hydrogens (tertiary/aromatic N) is 2. The second-order valence-corrected chi connectivity index (χ2v) is 6.23. The highest BCUT2D eigenvalue weighted by Crippen LogP contribution is 2.14. The molecule has 7 heteroatoms. The Bertz CT molecular complexity index is 1020. The average Bonchev–Trinajstić information content (AvgIpc) is 2.65. The number of hydrogen-bond donors (Lipinski definition) is 2. The van der Waals surface area contributed by atoms with Crippen LogP contribution >= 0.6 is 0 Å². The van der Waals surface area contributed by atoms with Gasteiger partial charge in [-0.3, -0.25) is 9.59 Å². The molecule has 1 aromatic heterocycles. The number of benzene rings is 2. The van der Waals surface area contributed by atoms with Crippen LogP contribution in [0.2, 0.25) is 0 Å². The van der Waals surface area contributed by atoms with Crippen LogP contribution < -0.4 is 10.9 Å². The number of hydrogen-bond acceptors (Lipinski definition) is 4. The fourth-order valence-corrected chi connectivity index (χ4v) is 2.61. The van der Waals surface area contributed by atoms with Gasteiger partial charge >= 0.3 is 0 Å². The Morgan fingerprint density at radius 1 is 1.15 bits per heavy atom. The molecule has 27 heavy (non-hydrogen) atoms.